The minimum Gasteiger partial charge on any atom is -0.317 e. The van der Waals surface area contributed by atoms with Gasteiger partial charge in [0.1, 0.15) is 0 Å². The predicted octanol–water partition coefficient (Wildman–Crippen LogP) is 3.11. The first kappa shape index (κ1) is 17.2. The number of piperidine rings is 1. The van der Waals surface area contributed by atoms with E-state index in [-0.39, 0.29) is 0 Å². The van der Waals surface area contributed by atoms with Gasteiger partial charge in [-0.1, -0.05) is 26.2 Å². The molecule has 0 saturated carbocycles. The summed E-state index contributed by atoms with van der Waals surface area (Å²) in [5.74, 6) is 0. The number of nitrogens with zero attached hydrogens (tertiary/aromatic N) is 2. The topological polar surface area (TPSA) is 18.5 Å². The Balaban J connectivity index is 1.45. The van der Waals surface area contributed by atoms with Crippen molar-refractivity contribution in [3.8, 4) is 0 Å². The molecule has 0 aliphatic carbocycles. The molecule has 1 atom stereocenters. The fourth-order valence-corrected chi connectivity index (χ4v) is 3.84. The fourth-order valence-electron chi connectivity index (χ4n) is 3.84. The summed E-state index contributed by atoms with van der Waals surface area (Å²) in [6.07, 6.45) is 12.6. The van der Waals surface area contributed by atoms with E-state index >= 15 is 0 Å². The van der Waals surface area contributed by atoms with Gasteiger partial charge in [0.25, 0.3) is 0 Å². The first-order valence-corrected chi connectivity index (χ1v) is 9.57. The summed E-state index contributed by atoms with van der Waals surface area (Å²) in [5, 5.41) is 3.49. The molecule has 0 spiro atoms. The van der Waals surface area contributed by atoms with Gasteiger partial charge >= 0.3 is 0 Å². The Morgan fingerprint density at radius 1 is 0.905 bits per heavy atom. The van der Waals surface area contributed by atoms with Crippen molar-refractivity contribution >= 4 is 0 Å². The van der Waals surface area contributed by atoms with Crippen LogP contribution in [0.15, 0.2) is 0 Å². The zero-order chi connectivity index (χ0) is 14.8. The van der Waals surface area contributed by atoms with Crippen molar-refractivity contribution in [2.45, 2.75) is 70.8 Å². The summed E-state index contributed by atoms with van der Waals surface area (Å²) < 4.78 is 0. The van der Waals surface area contributed by atoms with Crippen molar-refractivity contribution in [2.75, 3.05) is 45.8 Å². The van der Waals surface area contributed by atoms with E-state index in [1.54, 1.807) is 0 Å². The lowest BCUT2D eigenvalue weighted by atomic mass is 10.1. The number of unbranched alkanes of at least 4 members (excludes halogenated alkanes) is 3. The second-order valence-electron chi connectivity index (χ2n) is 7.00. The van der Waals surface area contributed by atoms with Crippen LogP contribution in [0.5, 0.6) is 0 Å². The van der Waals surface area contributed by atoms with Crippen molar-refractivity contribution in [1.29, 1.82) is 0 Å². The summed E-state index contributed by atoms with van der Waals surface area (Å²) in [7, 11) is 0. The van der Waals surface area contributed by atoms with Crippen LogP contribution >= 0.6 is 0 Å². The normalized spacial score (nSPS) is 24.7. The van der Waals surface area contributed by atoms with Crippen LogP contribution in [0.3, 0.4) is 0 Å². The molecule has 2 aliphatic heterocycles. The van der Waals surface area contributed by atoms with E-state index in [1.807, 2.05) is 0 Å². The molecule has 0 amide bonds. The fraction of sp³-hybridized carbons (Fsp3) is 1.00. The molecule has 3 heteroatoms. The van der Waals surface area contributed by atoms with E-state index in [9.17, 15) is 0 Å². The highest BCUT2D eigenvalue weighted by atomic mass is 15.3. The molecule has 1 N–H and O–H groups in total. The van der Waals surface area contributed by atoms with Gasteiger partial charge in [0.05, 0.1) is 0 Å². The van der Waals surface area contributed by atoms with Gasteiger partial charge in [-0.2, -0.15) is 0 Å². The summed E-state index contributed by atoms with van der Waals surface area (Å²) >= 11 is 0. The van der Waals surface area contributed by atoms with Gasteiger partial charge in [0.2, 0.25) is 0 Å². The van der Waals surface area contributed by atoms with Crippen LogP contribution in [-0.2, 0) is 0 Å². The molecular weight excluding hydrogens is 258 g/mol. The lowest BCUT2D eigenvalue weighted by Gasteiger charge is -2.32. The molecule has 1 unspecified atom stereocenters. The molecule has 0 radical (unpaired) electrons. The summed E-state index contributed by atoms with van der Waals surface area (Å²) in [4.78, 5) is 5.48. The van der Waals surface area contributed by atoms with E-state index in [4.69, 9.17) is 0 Å². The third-order valence-electron chi connectivity index (χ3n) is 5.16. The molecule has 2 heterocycles. The van der Waals surface area contributed by atoms with Gasteiger partial charge in [-0.25, -0.2) is 0 Å². The number of hydrogen-bond acceptors (Lipinski definition) is 3. The minimum absolute atomic E-state index is 0.878. The van der Waals surface area contributed by atoms with E-state index < -0.39 is 0 Å². The minimum atomic E-state index is 0.878. The van der Waals surface area contributed by atoms with Crippen molar-refractivity contribution in [1.82, 2.24) is 15.1 Å². The van der Waals surface area contributed by atoms with E-state index in [2.05, 4.69) is 22.0 Å². The monoisotopic (exact) mass is 295 g/mol. The average molecular weight is 296 g/mol. The second-order valence-corrected chi connectivity index (χ2v) is 7.00. The lowest BCUT2D eigenvalue weighted by molar-refractivity contribution is 0.162. The summed E-state index contributed by atoms with van der Waals surface area (Å²) in [6.45, 7) is 11.4. The third kappa shape index (κ3) is 6.66. The van der Waals surface area contributed by atoms with Crippen molar-refractivity contribution in [3.63, 3.8) is 0 Å². The molecular formula is C18H37N3. The molecule has 2 rings (SSSR count). The number of hydrogen-bond donors (Lipinski definition) is 1. The standard InChI is InChI=1S/C18H37N3/c1-2-11-19-12-6-3-4-7-13-20-16-10-18(17-20)21-14-8-5-9-15-21/h18-19H,2-17H2,1H3. The molecule has 124 valence electrons. The molecule has 0 aromatic rings. The van der Waals surface area contributed by atoms with Gasteiger partial charge < -0.3 is 10.2 Å². The number of nitrogens with one attached hydrogen (secondary N) is 1. The maximum absolute atomic E-state index is 3.49. The molecule has 21 heavy (non-hydrogen) atoms. The molecule has 2 fully saturated rings. The van der Waals surface area contributed by atoms with E-state index in [1.165, 1.54) is 104 Å². The largest absolute Gasteiger partial charge is 0.317 e. The van der Waals surface area contributed by atoms with Crippen LogP contribution in [0.2, 0.25) is 0 Å². The molecule has 0 bridgehead atoms. The zero-order valence-corrected chi connectivity index (χ0v) is 14.3. The van der Waals surface area contributed by atoms with Gasteiger partial charge in [0, 0.05) is 12.6 Å². The highest BCUT2D eigenvalue weighted by molar-refractivity contribution is 4.84. The molecule has 2 saturated heterocycles. The zero-order valence-electron chi connectivity index (χ0n) is 14.3. The van der Waals surface area contributed by atoms with Gasteiger partial charge in [-0.05, 0) is 77.8 Å². The first-order chi connectivity index (χ1) is 10.4. The first-order valence-electron chi connectivity index (χ1n) is 9.57. The van der Waals surface area contributed by atoms with Crippen LogP contribution in [0.1, 0.15) is 64.7 Å². The van der Waals surface area contributed by atoms with E-state index in [0.717, 1.165) is 6.04 Å². The highest BCUT2D eigenvalue weighted by Crippen LogP contribution is 2.20. The molecule has 3 nitrogen and oxygen atoms in total. The van der Waals surface area contributed by atoms with Gasteiger partial charge in [-0.15, -0.1) is 0 Å². The van der Waals surface area contributed by atoms with Crippen LogP contribution < -0.4 is 5.32 Å². The van der Waals surface area contributed by atoms with Crippen LogP contribution in [-0.4, -0.2) is 61.7 Å². The van der Waals surface area contributed by atoms with Crippen molar-refractivity contribution < 1.29 is 0 Å². The average Bonchev–Trinajstić information content (AvgIpc) is 3.00. The van der Waals surface area contributed by atoms with Gasteiger partial charge in [-0.3, -0.25) is 4.90 Å². The number of rotatable bonds is 10. The van der Waals surface area contributed by atoms with Crippen LogP contribution in [0.4, 0.5) is 0 Å². The van der Waals surface area contributed by atoms with Crippen LogP contribution in [0.25, 0.3) is 0 Å². The molecule has 2 aliphatic rings. The van der Waals surface area contributed by atoms with E-state index in [0.29, 0.717) is 0 Å². The summed E-state index contributed by atoms with van der Waals surface area (Å²) in [6, 6.07) is 0.878. The number of likely N-dealkylation sites (tertiary alicyclic amines) is 2. The van der Waals surface area contributed by atoms with Crippen molar-refractivity contribution in [2.24, 2.45) is 0 Å². The Bertz CT molecular complexity index is 251. The predicted molar refractivity (Wildman–Crippen MR) is 91.9 cm³/mol. The Kier molecular flexibility index (Phi) is 8.68. The van der Waals surface area contributed by atoms with Crippen molar-refractivity contribution in [3.05, 3.63) is 0 Å². The lowest BCUT2D eigenvalue weighted by Crippen LogP contribution is -2.40. The Morgan fingerprint density at radius 3 is 2.52 bits per heavy atom. The molecule has 0 aromatic carbocycles. The third-order valence-corrected chi connectivity index (χ3v) is 5.16. The second kappa shape index (κ2) is 10.6. The Hall–Kier alpha value is -0.120. The molecule has 0 aromatic heterocycles. The maximum atomic E-state index is 3.49. The quantitative estimate of drug-likeness (QED) is 0.625. The van der Waals surface area contributed by atoms with Crippen LogP contribution in [0, 0.1) is 0 Å². The maximum Gasteiger partial charge on any atom is 0.0235 e. The Morgan fingerprint density at radius 2 is 1.71 bits per heavy atom. The highest BCUT2D eigenvalue weighted by Gasteiger charge is 2.27. The smallest absolute Gasteiger partial charge is 0.0235 e. The Labute approximate surface area is 132 Å². The summed E-state index contributed by atoms with van der Waals surface area (Å²) in [5.41, 5.74) is 0. The SMILES string of the molecule is CCCNCCCCCCN1CCC(N2CCCCC2)C1. The van der Waals surface area contributed by atoms with Gasteiger partial charge in [0.15, 0.2) is 0 Å².